The minimum atomic E-state index is -0.251. The number of nitrogens with zero attached hydrogens (tertiary/aromatic N) is 4. The predicted molar refractivity (Wildman–Crippen MR) is 145 cm³/mol. The summed E-state index contributed by atoms with van der Waals surface area (Å²) in [6.07, 6.45) is 2.19. The summed E-state index contributed by atoms with van der Waals surface area (Å²) in [7, 11) is 0. The fourth-order valence-corrected chi connectivity index (χ4v) is 6.15. The van der Waals surface area contributed by atoms with Crippen LogP contribution >= 0.6 is 11.6 Å². The molecule has 1 unspecified atom stereocenters. The number of aromatic nitrogens is 3. The molecule has 2 aliphatic heterocycles. The van der Waals surface area contributed by atoms with Crippen molar-refractivity contribution < 1.29 is 0 Å². The van der Waals surface area contributed by atoms with Crippen LogP contribution < -0.4 is 5.32 Å². The van der Waals surface area contributed by atoms with Gasteiger partial charge in [0.25, 0.3) is 0 Å². The van der Waals surface area contributed by atoms with Gasteiger partial charge in [0.05, 0.1) is 16.8 Å². The van der Waals surface area contributed by atoms with Gasteiger partial charge in [-0.25, -0.2) is 9.67 Å². The van der Waals surface area contributed by atoms with Gasteiger partial charge in [0.1, 0.15) is 11.5 Å². The third kappa shape index (κ3) is 3.20. The molecular formula is C30H26ClN5. The van der Waals surface area contributed by atoms with Crippen LogP contribution in [0.5, 0.6) is 0 Å². The maximum atomic E-state index is 6.29. The second-order valence-electron chi connectivity index (χ2n) is 9.73. The number of halogens is 1. The first kappa shape index (κ1) is 21.6. The van der Waals surface area contributed by atoms with Crippen molar-refractivity contribution in [2.45, 2.75) is 32.0 Å². The summed E-state index contributed by atoms with van der Waals surface area (Å²) >= 11 is 6.29. The fraction of sp³-hybridized carbons (Fsp3) is 0.200. The van der Waals surface area contributed by atoms with Crippen molar-refractivity contribution in [2.24, 2.45) is 0 Å². The molecule has 6 heteroatoms. The lowest BCUT2D eigenvalue weighted by atomic mass is 9.90. The van der Waals surface area contributed by atoms with Crippen LogP contribution in [0, 0.1) is 6.92 Å². The Hall–Kier alpha value is -3.67. The molecule has 0 saturated carbocycles. The summed E-state index contributed by atoms with van der Waals surface area (Å²) in [6.45, 7) is 3.95. The standard InChI is InChI=1S/C30H26ClN5/c1-20-26-27(21-13-15-23(31)16-14-21)25-19-35-18-8-17-30(35,22-9-4-2-5-10-22)33-28(25)32-29(26)36(34-20)24-11-6-3-7-12-24/h2-7,9-16H,8,17-19H2,1H3,(H,32,33). The second-order valence-corrected chi connectivity index (χ2v) is 10.2. The van der Waals surface area contributed by atoms with E-state index in [0.717, 1.165) is 64.7 Å². The van der Waals surface area contributed by atoms with Gasteiger partial charge in [-0.05, 0) is 55.2 Å². The molecule has 2 aliphatic rings. The van der Waals surface area contributed by atoms with Crippen molar-refractivity contribution in [3.8, 4) is 16.8 Å². The van der Waals surface area contributed by atoms with Gasteiger partial charge in [0.2, 0.25) is 0 Å². The first-order valence-electron chi connectivity index (χ1n) is 12.5. The van der Waals surface area contributed by atoms with Crippen LogP contribution in [0.2, 0.25) is 5.02 Å². The summed E-state index contributed by atoms with van der Waals surface area (Å²) in [5.41, 5.74) is 7.41. The highest BCUT2D eigenvalue weighted by Crippen LogP contribution is 2.48. The molecule has 5 aromatic rings. The lowest BCUT2D eigenvalue weighted by Crippen LogP contribution is -2.50. The maximum Gasteiger partial charge on any atom is 0.166 e. The third-order valence-corrected chi connectivity index (χ3v) is 7.91. The number of hydrogen-bond donors (Lipinski definition) is 1. The van der Waals surface area contributed by atoms with E-state index in [9.17, 15) is 0 Å². The van der Waals surface area contributed by atoms with Crippen molar-refractivity contribution >= 4 is 28.5 Å². The Kier molecular flexibility index (Phi) is 4.91. The Morgan fingerprint density at radius 2 is 1.64 bits per heavy atom. The summed E-state index contributed by atoms with van der Waals surface area (Å²) in [4.78, 5) is 7.86. The first-order chi connectivity index (χ1) is 17.6. The Bertz CT molecular complexity index is 1580. The molecule has 3 aromatic carbocycles. The average molecular weight is 492 g/mol. The fourth-order valence-electron chi connectivity index (χ4n) is 6.03. The number of anilines is 1. The number of aryl methyl sites for hydroxylation is 1. The van der Waals surface area contributed by atoms with Gasteiger partial charge in [-0.2, -0.15) is 5.10 Å². The van der Waals surface area contributed by atoms with Crippen LogP contribution in [-0.2, 0) is 12.2 Å². The molecule has 0 aliphatic carbocycles. The van der Waals surface area contributed by atoms with E-state index < -0.39 is 0 Å². The van der Waals surface area contributed by atoms with Gasteiger partial charge >= 0.3 is 0 Å². The highest BCUT2D eigenvalue weighted by molar-refractivity contribution is 6.30. The molecular weight excluding hydrogens is 466 g/mol. The summed E-state index contributed by atoms with van der Waals surface area (Å²) in [5.74, 6) is 0.937. The number of benzene rings is 3. The van der Waals surface area contributed by atoms with Gasteiger partial charge in [0, 0.05) is 29.2 Å². The van der Waals surface area contributed by atoms with Gasteiger partial charge in [-0.1, -0.05) is 72.3 Å². The zero-order valence-corrected chi connectivity index (χ0v) is 20.8. The summed E-state index contributed by atoms with van der Waals surface area (Å²) in [5, 5.41) is 10.7. The van der Waals surface area contributed by atoms with Crippen LogP contribution in [0.3, 0.4) is 0 Å². The number of nitrogens with one attached hydrogen (secondary N) is 1. The molecule has 36 heavy (non-hydrogen) atoms. The summed E-state index contributed by atoms with van der Waals surface area (Å²) in [6, 6.07) is 29.2. The quantitative estimate of drug-likeness (QED) is 0.297. The third-order valence-electron chi connectivity index (χ3n) is 7.66. The Morgan fingerprint density at radius 1 is 0.917 bits per heavy atom. The zero-order chi connectivity index (χ0) is 24.3. The van der Waals surface area contributed by atoms with Gasteiger partial charge in [0.15, 0.2) is 5.65 Å². The van der Waals surface area contributed by atoms with E-state index in [-0.39, 0.29) is 5.66 Å². The highest BCUT2D eigenvalue weighted by Gasteiger charge is 2.46. The number of fused-ring (bicyclic) bond motifs is 3. The van der Waals surface area contributed by atoms with Crippen LogP contribution in [0.15, 0.2) is 84.9 Å². The molecule has 2 aromatic heterocycles. The van der Waals surface area contributed by atoms with Crippen LogP contribution in [0.1, 0.15) is 29.7 Å². The topological polar surface area (TPSA) is 46.0 Å². The zero-order valence-electron chi connectivity index (χ0n) is 20.1. The van der Waals surface area contributed by atoms with E-state index in [2.05, 4.69) is 71.7 Å². The van der Waals surface area contributed by atoms with Crippen molar-refractivity contribution in [3.05, 3.63) is 107 Å². The van der Waals surface area contributed by atoms with Gasteiger partial charge < -0.3 is 5.32 Å². The summed E-state index contributed by atoms with van der Waals surface area (Å²) < 4.78 is 1.97. The van der Waals surface area contributed by atoms with Crippen molar-refractivity contribution in [1.29, 1.82) is 0 Å². The smallest absolute Gasteiger partial charge is 0.166 e. The lowest BCUT2D eigenvalue weighted by Gasteiger charge is -2.45. The largest absolute Gasteiger partial charge is 0.348 e. The molecule has 7 rings (SSSR count). The molecule has 0 spiro atoms. The Morgan fingerprint density at radius 3 is 2.39 bits per heavy atom. The molecule has 1 saturated heterocycles. The first-order valence-corrected chi connectivity index (χ1v) is 12.8. The SMILES string of the molecule is Cc1nn(-c2ccccc2)c2nc3c(c(-c4ccc(Cl)cc4)c12)CN1CCCC1(c1ccccc1)N3. The molecule has 0 radical (unpaired) electrons. The monoisotopic (exact) mass is 491 g/mol. The average Bonchev–Trinajstić information content (AvgIpc) is 3.49. The lowest BCUT2D eigenvalue weighted by molar-refractivity contribution is 0.146. The van der Waals surface area contributed by atoms with E-state index in [1.807, 2.05) is 35.0 Å². The molecule has 178 valence electrons. The molecule has 0 amide bonds. The van der Waals surface area contributed by atoms with E-state index in [1.165, 1.54) is 16.7 Å². The molecule has 1 N–H and O–H groups in total. The van der Waals surface area contributed by atoms with Crippen molar-refractivity contribution in [2.75, 3.05) is 11.9 Å². The maximum absolute atomic E-state index is 6.29. The van der Waals surface area contributed by atoms with E-state index >= 15 is 0 Å². The van der Waals surface area contributed by atoms with E-state index in [4.69, 9.17) is 21.7 Å². The predicted octanol–water partition coefficient (Wildman–Crippen LogP) is 6.92. The van der Waals surface area contributed by atoms with E-state index in [0.29, 0.717) is 0 Å². The molecule has 1 atom stereocenters. The Labute approximate surface area is 215 Å². The van der Waals surface area contributed by atoms with Crippen LogP contribution in [-0.4, -0.2) is 26.2 Å². The van der Waals surface area contributed by atoms with E-state index in [1.54, 1.807) is 0 Å². The van der Waals surface area contributed by atoms with Crippen LogP contribution in [0.4, 0.5) is 5.82 Å². The molecule has 4 heterocycles. The van der Waals surface area contributed by atoms with Crippen molar-refractivity contribution in [1.82, 2.24) is 19.7 Å². The number of para-hydroxylation sites is 1. The number of rotatable bonds is 3. The number of hydrogen-bond acceptors (Lipinski definition) is 4. The number of pyridine rings is 1. The normalized spacial score (nSPS) is 19.2. The van der Waals surface area contributed by atoms with Crippen LogP contribution in [0.25, 0.3) is 27.8 Å². The van der Waals surface area contributed by atoms with Gasteiger partial charge in [-0.15, -0.1) is 0 Å². The van der Waals surface area contributed by atoms with Gasteiger partial charge in [-0.3, -0.25) is 4.90 Å². The Balaban J connectivity index is 1.52. The second kappa shape index (κ2) is 8.19. The van der Waals surface area contributed by atoms with Crippen molar-refractivity contribution in [3.63, 3.8) is 0 Å². The minimum absolute atomic E-state index is 0.251. The highest BCUT2D eigenvalue weighted by atomic mass is 35.5. The molecule has 1 fully saturated rings. The minimum Gasteiger partial charge on any atom is -0.348 e. The molecule has 0 bridgehead atoms. The molecule has 5 nitrogen and oxygen atoms in total.